The second-order valence-electron chi connectivity index (χ2n) is 6.15. The lowest BCUT2D eigenvalue weighted by Gasteiger charge is -2.30. The van der Waals surface area contributed by atoms with Gasteiger partial charge in [-0.2, -0.15) is 0 Å². The Kier molecular flexibility index (Phi) is 6.28. The summed E-state index contributed by atoms with van der Waals surface area (Å²) in [6.45, 7) is 4.60. The number of hydrogen-bond acceptors (Lipinski definition) is 5. The molecule has 2 aromatic carbocycles. The minimum Gasteiger partial charge on any atom is -0.497 e. The van der Waals surface area contributed by atoms with E-state index in [-0.39, 0.29) is 0 Å². The molecule has 1 fully saturated rings. The van der Waals surface area contributed by atoms with Gasteiger partial charge in [0.05, 0.1) is 26.4 Å². The molecule has 2 aromatic rings. The third-order valence-corrected chi connectivity index (χ3v) is 4.48. The minimum absolute atomic E-state index is 0.491. The molecule has 1 saturated heterocycles. The second kappa shape index (κ2) is 8.85. The predicted octanol–water partition coefficient (Wildman–Crippen LogP) is 2.36. The van der Waals surface area contributed by atoms with Crippen molar-refractivity contribution in [2.24, 2.45) is 0 Å². The monoisotopic (exact) mass is 342 g/mol. The Morgan fingerprint density at radius 3 is 2.76 bits per heavy atom. The average Bonchev–Trinajstić information content (AvgIpc) is 2.69. The first-order valence-electron chi connectivity index (χ1n) is 8.71. The van der Waals surface area contributed by atoms with Gasteiger partial charge >= 0.3 is 0 Å². The summed E-state index contributed by atoms with van der Waals surface area (Å²) in [5.41, 5.74) is 3.34. The lowest BCUT2D eigenvalue weighted by atomic mass is 10.1. The molecule has 0 spiro atoms. The number of nitrogens with one attached hydrogen (secondary N) is 1. The maximum absolute atomic E-state index is 10.4. The van der Waals surface area contributed by atoms with E-state index in [1.165, 1.54) is 11.3 Å². The van der Waals surface area contributed by atoms with Crippen LogP contribution in [0.15, 0.2) is 48.5 Å². The maximum atomic E-state index is 10.4. The highest BCUT2D eigenvalue weighted by Gasteiger charge is 2.14. The van der Waals surface area contributed by atoms with Crippen molar-refractivity contribution in [3.8, 4) is 5.75 Å². The fourth-order valence-electron chi connectivity index (χ4n) is 3.08. The van der Waals surface area contributed by atoms with E-state index in [2.05, 4.69) is 34.5 Å². The van der Waals surface area contributed by atoms with Crippen LogP contribution in [0.25, 0.3) is 0 Å². The molecule has 0 radical (unpaired) electrons. The zero-order chi connectivity index (χ0) is 17.5. The molecule has 1 heterocycles. The molecule has 134 valence electrons. The van der Waals surface area contributed by atoms with Gasteiger partial charge in [-0.3, -0.25) is 0 Å². The highest BCUT2D eigenvalue weighted by Crippen LogP contribution is 2.22. The molecule has 5 heteroatoms. The van der Waals surface area contributed by atoms with Crippen LogP contribution in [0.3, 0.4) is 0 Å². The first-order chi connectivity index (χ1) is 12.3. The van der Waals surface area contributed by atoms with Crippen molar-refractivity contribution in [2.75, 3.05) is 44.9 Å². The molecule has 5 nitrogen and oxygen atoms in total. The molecule has 1 aliphatic heterocycles. The quantitative estimate of drug-likeness (QED) is 0.809. The first kappa shape index (κ1) is 17.7. The van der Waals surface area contributed by atoms with E-state index in [0.717, 1.165) is 37.6 Å². The highest BCUT2D eigenvalue weighted by molar-refractivity contribution is 5.53. The second-order valence-corrected chi connectivity index (χ2v) is 6.15. The van der Waals surface area contributed by atoms with E-state index in [1.807, 2.05) is 24.3 Å². The summed E-state index contributed by atoms with van der Waals surface area (Å²) in [6.07, 6.45) is -0.564. The summed E-state index contributed by atoms with van der Waals surface area (Å²) >= 11 is 0. The molecule has 1 aliphatic rings. The van der Waals surface area contributed by atoms with Crippen LogP contribution in [-0.4, -0.2) is 45.1 Å². The van der Waals surface area contributed by atoms with Crippen LogP contribution >= 0.6 is 0 Å². The molecular formula is C20H26N2O3. The van der Waals surface area contributed by atoms with Crippen LogP contribution in [-0.2, 0) is 11.3 Å². The van der Waals surface area contributed by atoms with Crippen molar-refractivity contribution in [3.63, 3.8) is 0 Å². The standard InChI is InChI=1S/C20H26N2O3/c1-24-18-7-4-6-16(13-18)20(23)15-21-14-17-5-2-3-8-19(17)22-9-11-25-12-10-22/h2-8,13,20-21,23H,9-12,14-15H2,1H3. The zero-order valence-electron chi connectivity index (χ0n) is 14.6. The molecule has 1 atom stereocenters. The van der Waals surface area contributed by atoms with Gasteiger partial charge in [-0.25, -0.2) is 0 Å². The lowest BCUT2D eigenvalue weighted by molar-refractivity contribution is 0.122. The van der Waals surface area contributed by atoms with E-state index in [4.69, 9.17) is 9.47 Å². The van der Waals surface area contributed by atoms with Crippen LogP contribution in [0.4, 0.5) is 5.69 Å². The van der Waals surface area contributed by atoms with E-state index >= 15 is 0 Å². The van der Waals surface area contributed by atoms with Gasteiger partial charge in [-0.05, 0) is 29.3 Å². The fourth-order valence-corrected chi connectivity index (χ4v) is 3.08. The molecule has 2 N–H and O–H groups in total. The van der Waals surface area contributed by atoms with E-state index < -0.39 is 6.10 Å². The normalized spacial score (nSPS) is 15.8. The number of hydrogen-bond donors (Lipinski definition) is 2. The van der Waals surface area contributed by atoms with Crippen LogP contribution in [0.1, 0.15) is 17.2 Å². The molecule has 0 amide bonds. The number of benzene rings is 2. The number of methoxy groups -OCH3 is 1. The van der Waals surface area contributed by atoms with Crippen molar-refractivity contribution in [1.82, 2.24) is 5.32 Å². The molecule has 0 saturated carbocycles. The number of aliphatic hydroxyl groups excluding tert-OH is 1. The summed E-state index contributed by atoms with van der Waals surface area (Å²) < 4.78 is 10.7. The third-order valence-electron chi connectivity index (χ3n) is 4.48. The largest absolute Gasteiger partial charge is 0.497 e. The Hall–Kier alpha value is -2.08. The summed E-state index contributed by atoms with van der Waals surface area (Å²) in [6, 6.07) is 16.0. The fraction of sp³-hybridized carbons (Fsp3) is 0.400. The summed E-state index contributed by atoms with van der Waals surface area (Å²) in [7, 11) is 1.63. The third kappa shape index (κ3) is 4.72. The van der Waals surface area contributed by atoms with Crippen molar-refractivity contribution in [1.29, 1.82) is 0 Å². The van der Waals surface area contributed by atoms with Crippen molar-refractivity contribution >= 4 is 5.69 Å². The number of aliphatic hydroxyl groups is 1. The van der Waals surface area contributed by atoms with Gasteiger partial charge in [0.2, 0.25) is 0 Å². The van der Waals surface area contributed by atoms with Crippen molar-refractivity contribution < 1.29 is 14.6 Å². The van der Waals surface area contributed by atoms with E-state index in [1.54, 1.807) is 7.11 Å². The Morgan fingerprint density at radius 1 is 1.16 bits per heavy atom. The van der Waals surface area contributed by atoms with E-state index in [0.29, 0.717) is 13.1 Å². The molecule has 0 aromatic heterocycles. The van der Waals surface area contributed by atoms with Gasteiger partial charge in [0.25, 0.3) is 0 Å². The van der Waals surface area contributed by atoms with Crippen molar-refractivity contribution in [2.45, 2.75) is 12.6 Å². The number of nitrogens with zero attached hydrogens (tertiary/aromatic N) is 1. The average molecular weight is 342 g/mol. The number of para-hydroxylation sites is 1. The first-order valence-corrected chi connectivity index (χ1v) is 8.71. The maximum Gasteiger partial charge on any atom is 0.119 e. The minimum atomic E-state index is -0.564. The van der Waals surface area contributed by atoms with Gasteiger partial charge in [-0.15, -0.1) is 0 Å². The van der Waals surface area contributed by atoms with Crippen molar-refractivity contribution in [3.05, 3.63) is 59.7 Å². The molecule has 0 bridgehead atoms. The van der Waals surface area contributed by atoms with Crippen LogP contribution in [0, 0.1) is 0 Å². The molecular weight excluding hydrogens is 316 g/mol. The van der Waals surface area contributed by atoms with Gasteiger partial charge in [0.15, 0.2) is 0 Å². The Bertz CT molecular complexity index is 671. The zero-order valence-corrected chi connectivity index (χ0v) is 14.6. The van der Waals surface area contributed by atoms with Crippen LogP contribution in [0.5, 0.6) is 5.75 Å². The SMILES string of the molecule is COc1cccc(C(O)CNCc2ccccc2N2CCOCC2)c1. The Balaban J connectivity index is 1.58. The van der Waals surface area contributed by atoms with Gasteiger partial charge in [0.1, 0.15) is 5.75 Å². The molecule has 0 aliphatic carbocycles. The molecule has 25 heavy (non-hydrogen) atoms. The Morgan fingerprint density at radius 2 is 1.96 bits per heavy atom. The van der Waals surface area contributed by atoms with E-state index in [9.17, 15) is 5.11 Å². The van der Waals surface area contributed by atoms with Gasteiger partial charge in [-0.1, -0.05) is 30.3 Å². The number of morpholine rings is 1. The molecule has 1 unspecified atom stereocenters. The smallest absolute Gasteiger partial charge is 0.119 e. The summed E-state index contributed by atoms with van der Waals surface area (Å²) in [5.74, 6) is 0.759. The van der Waals surface area contributed by atoms with Crippen LogP contribution in [0.2, 0.25) is 0 Å². The van der Waals surface area contributed by atoms with Gasteiger partial charge in [0, 0.05) is 31.9 Å². The predicted molar refractivity (Wildman–Crippen MR) is 99.1 cm³/mol. The van der Waals surface area contributed by atoms with Gasteiger partial charge < -0.3 is 24.8 Å². The lowest BCUT2D eigenvalue weighted by Crippen LogP contribution is -2.37. The highest BCUT2D eigenvalue weighted by atomic mass is 16.5. The summed E-state index contributed by atoms with van der Waals surface area (Å²) in [5, 5.41) is 13.8. The number of anilines is 1. The van der Waals surface area contributed by atoms with Crippen LogP contribution < -0.4 is 15.0 Å². The number of ether oxygens (including phenoxy) is 2. The topological polar surface area (TPSA) is 54.0 Å². The number of rotatable bonds is 7. The Labute approximate surface area is 149 Å². The molecule has 3 rings (SSSR count). The summed E-state index contributed by atoms with van der Waals surface area (Å²) in [4.78, 5) is 2.36.